The van der Waals surface area contributed by atoms with Crippen molar-refractivity contribution in [2.24, 2.45) is 0 Å². The summed E-state index contributed by atoms with van der Waals surface area (Å²) in [6.07, 6.45) is 8.12. The molecule has 0 radical (unpaired) electrons. The molecule has 0 saturated carbocycles. The topological polar surface area (TPSA) is 64.0 Å². The first-order chi connectivity index (χ1) is 13.4. The average molecular weight is 420 g/mol. The fourth-order valence-electron chi connectivity index (χ4n) is 3.51. The molecule has 0 saturated heterocycles. The third-order valence-electron chi connectivity index (χ3n) is 5.35. The number of nitrogens with zero attached hydrogens (tertiary/aromatic N) is 2. The molecule has 28 heavy (non-hydrogen) atoms. The van der Waals surface area contributed by atoms with E-state index in [1.807, 2.05) is 27.7 Å². The van der Waals surface area contributed by atoms with Gasteiger partial charge in [-0.25, -0.2) is 4.98 Å². The van der Waals surface area contributed by atoms with Crippen LogP contribution < -0.4 is 10.9 Å². The molecule has 0 bridgehead atoms. The summed E-state index contributed by atoms with van der Waals surface area (Å²) in [5.74, 6) is -0.00282. The second-order valence-corrected chi connectivity index (χ2v) is 9.83. The van der Waals surface area contributed by atoms with Gasteiger partial charge in [-0.3, -0.25) is 14.2 Å². The number of fused-ring (bicyclic) bond motifs is 1. The first-order valence-corrected chi connectivity index (χ1v) is 11.7. The normalized spacial score (nSPS) is 15.5. The summed E-state index contributed by atoms with van der Waals surface area (Å²) in [6.45, 7) is 9.02. The predicted molar refractivity (Wildman–Crippen MR) is 119 cm³/mol. The number of thiophene rings is 1. The smallest absolute Gasteiger partial charge is 0.263 e. The van der Waals surface area contributed by atoms with E-state index in [1.54, 1.807) is 15.9 Å². The quantitative estimate of drug-likeness (QED) is 0.405. The van der Waals surface area contributed by atoms with Gasteiger partial charge in [0, 0.05) is 18.0 Å². The van der Waals surface area contributed by atoms with Crippen molar-refractivity contribution >= 4 is 39.2 Å². The molecule has 7 heteroatoms. The molecule has 5 nitrogen and oxygen atoms in total. The number of aromatic nitrogens is 2. The Labute approximate surface area is 174 Å². The first kappa shape index (κ1) is 21.1. The molecular weight excluding hydrogens is 390 g/mol. The van der Waals surface area contributed by atoms with Crippen LogP contribution in [0.3, 0.4) is 0 Å². The van der Waals surface area contributed by atoms with E-state index >= 15 is 0 Å². The molecule has 1 amide bonds. The van der Waals surface area contributed by atoms with Gasteiger partial charge in [0.2, 0.25) is 5.91 Å². The number of nitrogens with one attached hydrogen (secondary N) is 1. The summed E-state index contributed by atoms with van der Waals surface area (Å²) < 4.78 is 1.68. The lowest BCUT2D eigenvalue weighted by Gasteiger charge is -2.16. The molecule has 2 aromatic heterocycles. The van der Waals surface area contributed by atoms with E-state index in [1.165, 1.54) is 36.6 Å². The summed E-state index contributed by atoms with van der Waals surface area (Å²) in [5, 5.41) is 4.08. The van der Waals surface area contributed by atoms with Crippen LogP contribution in [-0.4, -0.2) is 27.3 Å². The van der Waals surface area contributed by atoms with Crippen LogP contribution in [0.5, 0.6) is 0 Å². The number of allylic oxidation sites excluding steroid dienone is 1. The number of thioether (sulfide) groups is 1. The lowest BCUT2D eigenvalue weighted by atomic mass is 9.97. The maximum absolute atomic E-state index is 12.9. The van der Waals surface area contributed by atoms with Gasteiger partial charge >= 0.3 is 0 Å². The van der Waals surface area contributed by atoms with Gasteiger partial charge < -0.3 is 5.32 Å². The average Bonchev–Trinajstić information content (AvgIpc) is 2.96. The highest BCUT2D eigenvalue weighted by molar-refractivity contribution is 8.00. The molecule has 0 spiro atoms. The molecule has 0 aliphatic heterocycles. The Morgan fingerprint density at radius 3 is 2.86 bits per heavy atom. The molecule has 0 unspecified atom stereocenters. The van der Waals surface area contributed by atoms with E-state index < -0.39 is 0 Å². The van der Waals surface area contributed by atoms with E-state index in [9.17, 15) is 9.59 Å². The van der Waals surface area contributed by atoms with Gasteiger partial charge in [-0.05, 0) is 65.4 Å². The number of amides is 1. The molecule has 3 rings (SSSR count). The number of rotatable bonds is 7. The first-order valence-electron chi connectivity index (χ1n) is 10.0. The summed E-state index contributed by atoms with van der Waals surface area (Å²) in [4.78, 5) is 32.1. The fourth-order valence-corrected chi connectivity index (χ4v) is 5.58. The van der Waals surface area contributed by atoms with Crippen LogP contribution in [-0.2, 0) is 11.3 Å². The van der Waals surface area contributed by atoms with E-state index in [0.29, 0.717) is 23.6 Å². The highest BCUT2D eigenvalue weighted by atomic mass is 32.2. The summed E-state index contributed by atoms with van der Waals surface area (Å²) in [7, 11) is 0. The van der Waals surface area contributed by atoms with Crippen LogP contribution in [0.1, 0.15) is 56.4 Å². The van der Waals surface area contributed by atoms with Crippen LogP contribution in [0, 0.1) is 13.8 Å². The van der Waals surface area contributed by atoms with Crippen LogP contribution >= 0.6 is 23.1 Å². The molecule has 1 aliphatic carbocycles. The number of hydrogen-bond acceptors (Lipinski definition) is 5. The SMILES string of the molecule is CCn1c(S[C@@H](C)C(=O)NCCC2=CCCCC2)nc2sc(C)c(C)c2c1=O. The molecule has 2 heterocycles. The van der Waals surface area contributed by atoms with Crippen molar-refractivity contribution in [1.82, 2.24) is 14.9 Å². The Bertz CT molecular complexity index is 959. The second kappa shape index (κ2) is 9.27. The van der Waals surface area contributed by atoms with E-state index in [4.69, 9.17) is 4.98 Å². The maximum atomic E-state index is 12.9. The largest absolute Gasteiger partial charge is 0.355 e. The zero-order chi connectivity index (χ0) is 20.3. The molecule has 1 N–H and O–H groups in total. The third kappa shape index (κ3) is 4.51. The molecule has 1 atom stereocenters. The highest BCUT2D eigenvalue weighted by Crippen LogP contribution is 2.29. The van der Waals surface area contributed by atoms with Crippen LogP contribution in [0.25, 0.3) is 10.2 Å². The van der Waals surface area contributed by atoms with E-state index in [0.717, 1.165) is 28.1 Å². The van der Waals surface area contributed by atoms with Crippen molar-refractivity contribution < 1.29 is 4.79 Å². The van der Waals surface area contributed by atoms with Crippen molar-refractivity contribution in [3.8, 4) is 0 Å². The highest BCUT2D eigenvalue weighted by Gasteiger charge is 2.21. The standard InChI is InChI=1S/C21H29N3O2S2/c1-5-24-20(26)17-13(2)14(3)27-19(17)23-21(24)28-15(4)18(25)22-12-11-16-9-7-6-8-10-16/h9,15H,5-8,10-12H2,1-4H3,(H,22,25)/t15-/m0/s1. The van der Waals surface area contributed by atoms with Gasteiger partial charge in [-0.2, -0.15) is 0 Å². The van der Waals surface area contributed by atoms with Gasteiger partial charge in [-0.1, -0.05) is 23.4 Å². The minimum Gasteiger partial charge on any atom is -0.355 e. The van der Waals surface area contributed by atoms with Gasteiger partial charge in [0.15, 0.2) is 5.16 Å². The van der Waals surface area contributed by atoms with Crippen LogP contribution in [0.4, 0.5) is 0 Å². The van der Waals surface area contributed by atoms with Crippen molar-refractivity contribution in [1.29, 1.82) is 0 Å². The summed E-state index contributed by atoms with van der Waals surface area (Å²) in [6, 6.07) is 0. The number of carbonyl (C=O) groups is 1. The Balaban J connectivity index is 1.69. The maximum Gasteiger partial charge on any atom is 0.263 e. The number of carbonyl (C=O) groups excluding carboxylic acids is 1. The number of hydrogen-bond donors (Lipinski definition) is 1. The van der Waals surface area contributed by atoms with Gasteiger partial charge in [-0.15, -0.1) is 11.3 Å². The Morgan fingerprint density at radius 1 is 1.39 bits per heavy atom. The van der Waals surface area contributed by atoms with E-state index in [-0.39, 0.29) is 16.7 Å². The third-order valence-corrected chi connectivity index (χ3v) is 7.54. The van der Waals surface area contributed by atoms with Gasteiger partial charge in [0.1, 0.15) is 4.83 Å². The lowest BCUT2D eigenvalue weighted by molar-refractivity contribution is -0.120. The number of aryl methyl sites for hydroxylation is 2. The summed E-state index contributed by atoms with van der Waals surface area (Å²) >= 11 is 2.91. The molecule has 0 fully saturated rings. The zero-order valence-corrected chi connectivity index (χ0v) is 18.8. The lowest BCUT2D eigenvalue weighted by Crippen LogP contribution is -2.32. The molecular formula is C21H29N3O2S2. The van der Waals surface area contributed by atoms with Crippen molar-refractivity contribution in [3.63, 3.8) is 0 Å². The Morgan fingerprint density at radius 2 is 2.18 bits per heavy atom. The molecule has 152 valence electrons. The minimum absolute atomic E-state index is 0.00282. The molecule has 1 aliphatic rings. The zero-order valence-electron chi connectivity index (χ0n) is 17.1. The van der Waals surface area contributed by atoms with Crippen LogP contribution in [0.2, 0.25) is 0 Å². The van der Waals surface area contributed by atoms with Gasteiger partial charge in [0.25, 0.3) is 5.56 Å². The molecule has 2 aromatic rings. The van der Waals surface area contributed by atoms with Crippen molar-refractivity contribution in [2.45, 2.75) is 76.8 Å². The molecule has 0 aromatic carbocycles. The van der Waals surface area contributed by atoms with E-state index in [2.05, 4.69) is 11.4 Å². The second-order valence-electron chi connectivity index (χ2n) is 7.32. The summed E-state index contributed by atoms with van der Waals surface area (Å²) in [5.41, 5.74) is 2.47. The van der Waals surface area contributed by atoms with Gasteiger partial charge in [0.05, 0.1) is 10.6 Å². The predicted octanol–water partition coefficient (Wildman–Crippen LogP) is 4.58. The minimum atomic E-state index is -0.301. The monoisotopic (exact) mass is 419 g/mol. The fraction of sp³-hybridized carbons (Fsp3) is 0.571. The van der Waals surface area contributed by atoms with Crippen molar-refractivity contribution in [2.75, 3.05) is 6.54 Å². The Kier molecular flexibility index (Phi) is 6.99. The Hall–Kier alpha value is -1.60. The van der Waals surface area contributed by atoms with Crippen molar-refractivity contribution in [3.05, 3.63) is 32.4 Å². The van der Waals surface area contributed by atoms with Crippen LogP contribution in [0.15, 0.2) is 21.6 Å².